The van der Waals surface area contributed by atoms with E-state index in [4.69, 9.17) is 14.0 Å². The van der Waals surface area contributed by atoms with Gasteiger partial charge in [0, 0.05) is 35.1 Å². The van der Waals surface area contributed by atoms with E-state index in [1.54, 1.807) is 14.2 Å². The van der Waals surface area contributed by atoms with Gasteiger partial charge in [0.2, 0.25) is 5.88 Å². The molecule has 5 rings (SSSR count). The zero-order chi connectivity index (χ0) is 21.5. The molecule has 2 aliphatic rings. The molecule has 0 saturated carbocycles. The van der Waals surface area contributed by atoms with E-state index in [0.717, 1.165) is 45.2 Å². The number of carbonyl (C=O) groups excluding carboxylic acids is 1. The zero-order valence-electron chi connectivity index (χ0n) is 17.8. The van der Waals surface area contributed by atoms with Gasteiger partial charge in [-0.2, -0.15) is 0 Å². The number of benzene rings is 2. The monoisotopic (exact) mass is 416 g/mol. The summed E-state index contributed by atoms with van der Waals surface area (Å²) in [4.78, 5) is 13.6. The Labute approximate surface area is 180 Å². The minimum absolute atomic E-state index is 0.0224. The quantitative estimate of drug-likeness (QED) is 0.648. The lowest BCUT2D eigenvalue weighted by atomic mass is 9.72. The Bertz CT molecular complexity index is 1180. The Morgan fingerprint density at radius 2 is 1.87 bits per heavy atom. The number of Topliss-reactive ketones (excluding diaryl/α,β-unsaturated/α-hetero) is 1. The summed E-state index contributed by atoms with van der Waals surface area (Å²) < 4.78 is 16.6. The molecule has 31 heavy (non-hydrogen) atoms. The highest BCUT2D eigenvalue weighted by molar-refractivity contribution is 6.01. The van der Waals surface area contributed by atoms with Gasteiger partial charge in [0.05, 0.1) is 25.5 Å². The summed E-state index contributed by atoms with van der Waals surface area (Å²) in [6.45, 7) is 1.92. The van der Waals surface area contributed by atoms with Gasteiger partial charge < -0.3 is 19.3 Å². The lowest BCUT2D eigenvalue weighted by Gasteiger charge is -2.34. The second kappa shape index (κ2) is 7.61. The van der Waals surface area contributed by atoms with Gasteiger partial charge in [-0.25, -0.2) is 0 Å². The van der Waals surface area contributed by atoms with Gasteiger partial charge in [0.15, 0.2) is 5.78 Å². The average molecular weight is 416 g/mol. The number of anilines is 1. The second-order valence-corrected chi connectivity index (χ2v) is 8.01. The molecule has 0 radical (unpaired) electrons. The number of methoxy groups -OCH3 is 2. The van der Waals surface area contributed by atoms with Crippen molar-refractivity contribution in [2.75, 3.05) is 19.5 Å². The number of ether oxygens (including phenoxy) is 2. The van der Waals surface area contributed by atoms with E-state index in [0.29, 0.717) is 18.7 Å². The van der Waals surface area contributed by atoms with E-state index < -0.39 is 0 Å². The van der Waals surface area contributed by atoms with Gasteiger partial charge in [-0.05, 0) is 37.1 Å². The van der Waals surface area contributed by atoms with Crippen molar-refractivity contribution in [3.05, 3.63) is 82.2 Å². The third kappa shape index (κ3) is 3.19. The predicted molar refractivity (Wildman–Crippen MR) is 117 cm³/mol. The smallest absolute Gasteiger partial charge is 0.233 e. The molecule has 1 aromatic heterocycles. The van der Waals surface area contributed by atoms with Crippen LogP contribution in [0.15, 0.2) is 64.3 Å². The average Bonchev–Trinajstić information content (AvgIpc) is 3.17. The molecule has 2 heterocycles. The molecule has 2 aromatic carbocycles. The number of fused-ring (bicyclic) bond motifs is 1. The molecule has 6 heteroatoms. The normalized spacial score (nSPS) is 20.0. The zero-order valence-corrected chi connectivity index (χ0v) is 17.8. The molecule has 1 aliphatic carbocycles. The number of allylic oxidation sites excluding steroid dienone is 2. The van der Waals surface area contributed by atoms with Crippen LogP contribution in [0.5, 0.6) is 11.5 Å². The van der Waals surface area contributed by atoms with Crippen LogP contribution in [-0.4, -0.2) is 25.2 Å². The summed E-state index contributed by atoms with van der Waals surface area (Å²) in [7, 11) is 3.29. The Balaban J connectivity index is 1.61. The van der Waals surface area contributed by atoms with Gasteiger partial charge in [0.1, 0.15) is 11.5 Å². The van der Waals surface area contributed by atoms with E-state index in [2.05, 4.69) is 22.6 Å². The maximum atomic E-state index is 13.6. The standard InChI is InChI=1S/C25H24N2O4/c1-14-22-23(15-7-5-4-6-8-15)24-19(26-25(22)31-27-14)11-16(12-20(24)28)18-13-17(29-2)9-10-21(18)30-3/h4-10,13,16,23,26H,11-12H2,1-3H3/t16-,23-/m0/s1. The predicted octanol–water partition coefficient (Wildman–Crippen LogP) is 4.96. The lowest BCUT2D eigenvalue weighted by Crippen LogP contribution is -2.29. The van der Waals surface area contributed by atoms with E-state index >= 15 is 0 Å². The Hall–Kier alpha value is -3.54. The molecular formula is C25H24N2O4. The molecule has 1 N–H and O–H groups in total. The van der Waals surface area contributed by atoms with Crippen molar-refractivity contribution in [3.8, 4) is 11.5 Å². The van der Waals surface area contributed by atoms with Crippen molar-refractivity contribution in [1.82, 2.24) is 5.16 Å². The molecule has 0 saturated heterocycles. The highest BCUT2D eigenvalue weighted by Crippen LogP contribution is 2.50. The Morgan fingerprint density at radius 1 is 1.06 bits per heavy atom. The number of rotatable bonds is 4. The van der Waals surface area contributed by atoms with Crippen LogP contribution in [0.4, 0.5) is 5.88 Å². The third-order valence-electron chi connectivity index (χ3n) is 6.27. The van der Waals surface area contributed by atoms with Crippen LogP contribution < -0.4 is 14.8 Å². The number of nitrogens with zero attached hydrogens (tertiary/aromatic N) is 1. The van der Waals surface area contributed by atoms with Gasteiger partial charge in [-0.15, -0.1) is 0 Å². The van der Waals surface area contributed by atoms with Crippen molar-refractivity contribution >= 4 is 11.7 Å². The maximum absolute atomic E-state index is 13.6. The number of ketones is 1. The van der Waals surface area contributed by atoms with Crippen LogP contribution in [0.25, 0.3) is 0 Å². The summed E-state index contributed by atoms with van der Waals surface area (Å²) in [6.07, 6.45) is 1.08. The molecule has 2 atom stereocenters. The van der Waals surface area contributed by atoms with E-state index in [1.807, 2.05) is 43.3 Å². The Kier molecular flexibility index (Phi) is 4.77. The van der Waals surface area contributed by atoms with Gasteiger partial charge >= 0.3 is 0 Å². The number of aromatic nitrogens is 1. The first-order valence-electron chi connectivity index (χ1n) is 10.4. The molecule has 0 fully saturated rings. The minimum atomic E-state index is -0.181. The molecule has 158 valence electrons. The van der Waals surface area contributed by atoms with Crippen LogP contribution in [-0.2, 0) is 4.79 Å². The van der Waals surface area contributed by atoms with Crippen molar-refractivity contribution in [2.45, 2.75) is 31.6 Å². The maximum Gasteiger partial charge on any atom is 0.233 e. The summed E-state index contributed by atoms with van der Waals surface area (Å²) >= 11 is 0. The number of hydrogen-bond donors (Lipinski definition) is 1. The largest absolute Gasteiger partial charge is 0.497 e. The second-order valence-electron chi connectivity index (χ2n) is 8.01. The Morgan fingerprint density at radius 3 is 2.61 bits per heavy atom. The SMILES string of the molecule is COc1ccc(OC)c([C@@H]2CC(=O)C3=C(C2)Nc2onc(C)c2[C@@H]3c2ccccc2)c1. The summed E-state index contributed by atoms with van der Waals surface area (Å²) in [5, 5.41) is 7.55. The molecule has 0 spiro atoms. The van der Waals surface area contributed by atoms with Crippen LogP contribution in [0.3, 0.4) is 0 Å². The lowest BCUT2D eigenvalue weighted by molar-refractivity contribution is -0.116. The fraction of sp³-hybridized carbons (Fsp3) is 0.280. The van der Waals surface area contributed by atoms with Crippen molar-refractivity contribution in [2.24, 2.45) is 0 Å². The molecule has 0 amide bonds. The fourth-order valence-corrected chi connectivity index (χ4v) is 4.83. The molecule has 0 unspecified atom stereocenters. The molecule has 1 aliphatic heterocycles. The topological polar surface area (TPSA) is 73.6 Å². The van der Waals surface area contributed by atoms with E-state index in [9.17, 15) is 4.79 Å². The van der Waals surface area contributed by atoms with E-state index in [-0.39, 0.29) is 17.6 Å². The first-order chi connectivity index (χ1) is 15.1. The van der Waals surface area contributed by atoms with Crippen molar-refractivity contribution in [1.29, 1.82) is 0 Å². The summed E-state index contributed by atoms with van der Waals surface area (Å²) in [6, 6.07) is 15.8. The third-order valence-corrected chi connectivity index (χ3v) is 6.27. The number of carbonyl (C=O) groups is 1. The van der Waals surface area contributed by atoms with Crippen LogP contribution >= 0.6 is 0 Å². The molecule has 3 aromatic rings. The van der Waals surface area contributed by atoms with Crippen molar-refractivity contribution in [3.63, 3.8) is 0 Å². The summed E-state index contributed by atoms with van der Waals surface area (Å²) in [5.41, 5.74) is 5.48. The molecular weight excluding hydrogens is 392 g/mol. The van der Waals surface area contributed by atoms with Crippen LogP contribution in [0.1, 0.15) is 47.1 Å². The first kappa shape index (κ1) is 19.4. The summed E-state index contributed by atoms with van der Waals surface area (Å²) in [5.74, 6) is 2.05. The molecule has 6 nitrogen and oxygen atoms in total. The number of nitrogens with one attached hydrogen (secondary N) is 1. The van der Waals surface area contributed by atoms with Gasteiger partial charge in [0.25, 0.3) is 0 Å². The molecule has 0 bridgehead atoms. The van der Waals surface area contributed by atoms with E-state index in [1.165, 1.54) is 0 Å². The fourth-order valence-electron chi connectivity index (χ4n) is 4.83. The highest BCUT2D eigenvalue weighted by atomic mass is 16.5. The number of aryl methyl sites for hydroxylation is 1. The van der Waals surface area contributed by atoms with Crippen LogP contribution in [0.2, 0.25) is 0 Å². The van der Waals surface area contributed by atoms with Crippen LogP contribution in [0, 0.1) is 6.92 Å². The number of hydrogen-bond acceptors (Lipinski definition) is 6. The van der Waals surface area contributed by atoms with Crippen molar-refractivity contribution < 1.29 is 18.8 Å². The van der Waals surface area contributed by atoms with Gasteiger partial charge in [-0.1, -0.05) is 35.5 Å². The van der Waals surface area contributed by atoms with Gasteiger partial charge in [-0.3, -0.25) is 4.79 Å². The minimum Gasteiger partial charge on any atom is -0.497 e. The highest BCUT2D eigenvalue weighted by Gasteiger charge is 2.41. The first-order valence-corrected chi connectivity index (χ1v) is 10.4.